The average Bonchev–Trinajstić information content (AvgIpc) is 2.58. The van der Waals surface area contributed by atoms with Gasteiger partial charge in [-0.2, -0.15) is 0 Å². The smallest absolute Gasteiger partial charge is 0.305 e. The SMILES string of the molecule is CCc1cccc2c1NC(CC(=O)O)C2. The molecule has 2 N–H and O–H groups in total. The van der Waals surface area contributed by atoms with Gasteiger partial charge in [-0.05, 0) is 24.0 Å². The highest BCUT2D eigenvalue weighted by atomic mass is 16.4. The zero-order valence-electron chi connectivity index (χ0n) is 8.79. The van der Waals surface area contributed by atoms with Gasteiger partial charge in [0.2, 0.25) is 0 Å². The van der Waals surface area contributed by atoms with Crippen LogP contribution in [0.25, 0.3) is 0 Å². The summed E-state index contributed by atoms with van der Waals surface area (Å²) in [6.45, 7) is 2.11. The number of aliphatic carboxylic acids is 1. The summed E-state index contributed by atoms with van der Waals surface area (Å²) >= 11 is 0. The van der Waals surface area contributed by atoms with Crippen molar-refractivity contribution in [1.82, 2.24) is 0 Å². The normalized spacial score (nSPS) is 18.3. The molecule has 15 heavy (non-hydrogen) atoms. The summed E-state index contributed by atoms with van der Waals surface area (Å²) in [6.07, 6.45) is 2.00. The minimum absolute atomic E-state index is 0.0604. The lowest BCUT2D eigenvalue weighted by atomic mass is 10.0. The number of aryl methyl sites for hydroxylation is 1. The van der Waals surface area contributed by atoms with E-state index in [9.17, 15) is 4.79 Å². The predicted octanol–water partition coefficient (Wildman–Crippen LogP) is 2.06. The van der Waals surface area contributed by atoms with Crippen LogP contribution < -0.4 is 5.32 Å². The van der Waals surface area contributed by atoms with Crippen molar-refractivity contribution in [2.45, 2.75) is 32.2 Å². The van der Waals surface area contributed by atoms with E-state index in [0.29, 0.717) is 0 Å². The maximum Gasteiger partial charge on any atom is 0.305 e. The Morgan fingerprint density at radius 2 is 2.40 bits per heavy atom. The first kappa shape index (κ1) is 10.0. The molecule has 0 saturated heterocycles. The minimum Gasteiger partial charge on any atom is -0.481 e. The zero-order chi connectivity index (χ0) is 10.8. The van der Waals surface area contributed by atoms with Crippen LogP contribution in [0.4, 0.5) is 5.69 Å². The fourth-order valence-corrected chi connectivity index (χ4v) is 2.16. The molecule has 80 valence electrons. The van der Waals surface area contributed by atoms with Gasteiger partial charge in [0.25, 0.3) is 0 Å². The van der Waals surface area contributed by atoms with E-state index < -0.39 is 5.97 Å². The fraction of sp³-hybridized carbons (Fsp3) is 0.417. The van der Waals surface area contributed by atoms with Gasteiger partial charge >= 0.3 is 5.97 Å². The van der Waals surface area contributed by atoms with Crippen LogP contribution in [-0.2, 0) is 17.6 Å². The molecule has 1 aliphatic rings. The van der Waals surface area contributed by atoms with Gasteiger partial charge in [0.05, 0.1) is 6.42 Å². The largest absolute Gasteiger partial charge is 0.481 e. The average molecular weight is 205 g/mol. The molecule has 0 radical (unpaired) electrons. The van der Waals surface area contributed by atoms with Crippen molar-refractivity contribution in [2.75, 3.05) is 5.32 Å². The van der Waals surface area contributed by atoms with Crippen LogP contribution in [0.3, 0.4) is 0 Å². The predicted molar refractivity (Wildman–Crippen MR) is 59.2 cm³/mol. The summed E-state index contributed by atoms with van der Waals surface area (Å²) in [5.41, 5.74) is 3.69. The number of fused-ring (bicyclic) bond motifs is 1. The van der Waals surface area contributed by atoms with E-state index in [-0.39, 0.29) is 12.5 Å². The third kappa shape index (κ3) is 1.96. The first-order valence-corrected chi connectivity index (χ1v) is 5.29. The molecule has 0 saturated carbocycles. The Labute approximate surface area is 89.1 Å². The number of anilines is 1. The van der Waals surface area contributed by atoms with Gasteiger partial charge in [-0.15, -0.1) is 0 Å². The second-order valence-corrected chi connectivity index (χ2v) is 3.95. The summed E-state index contributed by atoms with van der Waals surface area (Å²) in [7, 11) is 0. The molecule has 1 unspecified atom stereocenters. The summed E-state index contributed by atoms with van der Waals surface area (Å²) < 4.78 is 0. The number of carboxylic acids is 1. The third-order valence-corrected chi connectivity index (χ3v) is 2.85. The number of hydrogen-bond acceptors (Lipinski definition) is 2. The van der Waals surface area contributed by atoms with Crippen molar-refractivity contribution < 1.29 is 9.90 Å². The van der Waals surface area contributed by atoms with Crippen molar-refractivity contribution >= 4 is 11.7 Å². The van der Waals surface area contributed by atoms with Gasteiger partial charge in [0.1, 0.15) is 0 Å². The Hall–Kier alpha value is -1.51. The van der Waals surface area contributed by atoms with Crippen molar-refractivity contribution in [3.05, 3.63) is 29.3 Å². The van der Waals surface area contributed by atoms with Gasteiger partial charge in [0.15, 0.2) is 0 Å². The Bertz CT molecular complexity index is 387. The van der Waals surface area contributed by atoms with Crippen molar-refractivity contribution in [3.63, 3.8) is 0 Å². The lowest BCUT2D eigenvalue weighted by Crippen LogP contribution is -2.19. The van der Waals surface area contributed by atoms with Gasteiger partial charge in [0, 0.05) is 11.7 Å². The van der Waals surface area contributed by atoms with Gasteiger partial charge in [-0.1, -0.05) is 25.1 Å². The van der Waals surface area contributed by atoms with E-state index >= 15 is 0 Å². The summed E-state index contributed by atoms with van der Waals surface area (Å²) in [5.74, 6) is -0.738. The summed E-state index contributed by atoms with van der Waals surface area (Å²) in [5, 5.41) is 12.0. The van der Waals surface area contributed by atoms with E-state index in [1.54, 1.807) is 0 Å². The molecule has 1 heterocycles. The molecule has 0 amide bonds. The first-order valence-electron chi connectivity index (χ1n) is 5.29. The number of benzene rings is 1. The topological polar surface area (TPSA) is 49.3 Å². The number of carboxylic acid groups (broad SMARTS) is 1. The fourth-order valence-electron chi connectivity index (χ4n) is 2.16. The quantitative estimate of drug-likeness (QED) is 0.794. The second-order valence-electron chi connectivity index (χ2n) is 3.95. The molecule has 1 aromatic rings. The lowest BCUT2D eigenvalue weighted by molar-refractivity contribution is -0.137. The Balaban J connectivity index is 2.19. The van der Waals surface area contributed by atoms with E-state index in [0.717, 1.165) is 18.5 Å². The molecule has 0 aliphatic carbocycles. The van der Waals surface area contributed by atoms with E-state index in [1.165, 1.54) is 11.1 Å². The maximum absolute atomic E-state index is 10.6. The second kappa shape index (κ2) is 3.93. The molecule has 1 aromatic carbocycles. The molecule has 0 fully saturated rings. The molecular weight excluding hydrogens is 190 g/mol. The standard InChI is InChI=1S/C12H15NO2/c1-2-8-4-3-5-9-6-10(7-11(14)15)13-12(8)9/h3-5,10,13H,2,6-7H2,1H3,(H,14,15). The Kier molecular flexibility index (Phi) is 2.62. The molecule has 1 aliphatic heterocycles. The monoisotopic (exact) mass is 205 g/mol. The molecule has 3 nitrogen and oxygen atoms in total. The van der Waals surface area contributed by atoms with Crippen LogP contribution in [0.2, 0.25) is 0 Å². The number of carbonyl (C=O) groups is 1. The van der Waals surface area contributed by atoms with Crippen molar-refractivity contribution in [3.8, 4) is 0 Å². The maximum atomic E-state index is 10.6. The number of hydrogen-bond donors (Lipinski definition) is 2. The third-order valence-electron chi connectivity index (χ3n) is 2.85. The number of para-hydroxylation sites is 1. The number of rotatable bonds is 3. The summed E-state index contributed by atoms with van der Waals surface area (Å²) in [4.78, 5) is 10.6. The molecule has 0 aromatic heterocycles. The van der Waals surface area contributed by atoms with Crippen molar-refractivity contribution in [1.29, 1.82) is 0 Å². The zero-order valence-corrected chi connectivity index (χ0v) is 8.79. The highest BCUT2D eigenvalue weighted by molar-refractivity contribution is 5.71. The first-order chi connectivity index (χ1) is 7.20. The molecular formula is C12H15NO2. The lowest BCUT2D eigenvalue weighted by Gasteiger charge is -2.09. The van der Waals surface area contributed by atoms with Crippen molar-refractivity contribution in [2.24, 2.45) is 0 Å². The minimum atomic E-state index is -0.738. The van der Waals surface area contributed by atoms with Gasteiger partial charge in [-0.3, -0.25) is 4.79 Å². The van der Waals surface area contributed by atoms with Gasteiger partial charge in [-0.25, -0.2) is 0 Å². The molecule has 0 spiro atoms. The van der Waals surface area contributed by atoms with Crippen LogP contribution in [0.5, 0.6) is 0 Å². The van der Waals surface area contributed by atoms with E-state index in [4.69, 9.17) is 5.11 Å². The highest BCUT2D eigenvalue weighted by Gasteiger charge is 2.23. The highest BCUT2D eigenvalue weighted by Crippen LogP contribution is 2.30. The molecule has 1 atom stereocenters. The van der Waals surface area contributed by atoms with Gasteiger partial charge < -0.3 is 10.4 Å². The molecule has 0 bridgehead atoms. The van der Waals surface area contributed by atoms with Crippen LogP contribution in [0.15, 0.2) is 18.2 Å². The van der Waals surface area contributed by atoms with E-state index in [2.05, 4.69) is 24.4 Å². The molecule has 3 heteroatoms. The van der Waals surface area contributed by atoms with Crippen LogP contribution in [0.1, 0.15) is 24.5 Å². The Morgan fingerprint density at radius 1 is 1.60 bits per heavy atom. The number of nitrogens with one attached hydrogen (secondary N) is 1. The summed E-state index contributed by atoms with van der Waals surface area (Å²) in [6, 6.07) is 6.27. The van der Waals surface area contributed by atoms with Crippen LogP contribution >= 0.6 is 0 Å². The van der Waals surface area contributed by atoms with Crippen LogP contribution in [0, 0.1) is 0 Å². The van der Waals surface area contributed by atoms with Crippen LogP contribution in [-0.4, -0.2) is 17.1 Å². The Morgan fingerprint density at radius 3 is 3.07 bits per heavy atom. The molecule has 2 rings (SSSR count). The van der Waals surface area contributed by atoms with E-state index in [1.807, 2.05) is 6.07 Å².